The standard InChI is InChI=1S/C23H24INO6/c1-6-31-23(26)22-16(12-24)25-15-11-20(30-5)19(29-4)10-14(15)21(22)13-7-8-17(27-2)18(9-13)28-3/h7-11H,6,12H2,1-5H3. The normalized spacial score (nSPS) is 10.6. The highest BCUT2D eigenvalue weighted by atomic mass is 127. The van der Waals surface area contributed by atoms with Gasteiger partial charge in [0, 0.05) is 21.4 Å². The van der Waals surface area contributed by atoms with Crippen molar-refractivity contribution < 1.29 is 28.5 Å². The van der Waals surface area contributed by atoms with Crippen LogP contribution in [0, 0.1) is 0 Å². The molecule has 3 rings (SSSR count). The maximum Gasteiger partial charge on any atom is 0.340 e. The Bertz CT molecular complexity index is 1120. The Morgan fingerprint density at radius 2 is 1.52 bits per heavy atom. The van der Waals surface area contributed by atoms with E-state index >= 15 is 0 Å². The van der Waals surface area contributed by atoms with E-state index in [1.54, 1.807) is 41.4 Å². The van der Waals surface area contributed by atoms with Crippen LogP contribution in [0.4, 0.5) is 0 Å². The zero-order valence-corrected chi connectivity index (χ0v) is 20.2. The molecule has 0 atom stereocenters. The van der Waals surface area contributed by atoms with Crippen LogP contribution in [0.5, 0.6) is 23.0 Å². The molecule has 0 aliphatic heterocycles. The molecule has 0 fully saturated rings. The summed E-state index contributed by atoms with van der Waals surface area (Å²) in [7, 11) is 6.29. The summed E-state index contributed by atoms with van der Waals surface area (Å²) in [5, 5.41) is 0.738. The van der Waals surface area contributed by atoms with Crippen LogP contribution in [0.2, 0.25) is 0 Å². The molecule has 3 aromatic rings. The summed E-state index contributed by atoms with van der Waals surface area (Å²) in [5.74, 6) is 1.81. The summed E-state index contributed by atoms with van der Waals surface area (Å²) >= 11 is 2.20. The van der Waals surface area contributed by atoms with Gasteiger partial charge in [-0.2, -0.15) is 0 Å². The van der Waals surface area contributed by atoms with E-state index in [4.69, 9.17) is 28.7 Å². The minimum Gasteiger partial charge on any atom is -0.493 e. The molecule has 0 saturated heterocycles. The molecule has 164 valence electrons. The van der Waals surface area contributed by atoms with Gasteiger partial charge in [0.1, 0.15) is 0 Å². The SMILES string of the molecule is CCOC(=O)c1c(CI)nc2cc(OC)c(OC)cc2c1-c1ccc(OC)c(OC)c1. The molecule has 31 heavy (non-hydrogen) atoms. The molecule has 1 heterocycles. The molecule has 0 bridgehead atoms. The van der Waals surface area contributed by atoms with Gasteiger partial charge < -0.3 is 23.7 Å². The number of benzene rings is 2. The molecule has 0 amide bonds. The lowest BCUT2D eigenvalue weighted by atomic mass is 9.93. The summed E-state index contributed by atoms with van der Waals surface area (Å²) in [6.45, 7) is 2.04. The fraction of sp³-hybridized carbons (Fsp3) is 0.304. The number of pyridine rings is 1. The lowest BCUT2D eigenvalue weighted by molar-refractivity contribution is 0.0526. The molecule has 0 spiro atoms. The molecule has 0 radical (unpaired) electrons. The first-order valence-electron chi connectivity index (χ1n) is 9.56. The van der Waals surface area contributed by atoms with E-state index in [-0.39, 0.29) is 6.61 Å². The molecule has 0 unspecified atom stereocenters. The summed E-state index contributed by atoms with van der Waals surface area (Å²) in [5.41, 5.74) is 3.19. The smallest absolute Gasteiger partial charge is 0.340 e. The van der Waals surface area contributed by atoms with Crippen LogP contribution in [-0.4, -0.2) is 46.0 Å². The maximum atomic E-state index is 13.0. The van der Waals surface area contributed by atoms with Crippen molar-refractivity contribution in [1.82, 2.24) is 4.98 Å². The van der Waals surface area contributed by atoms with Crippen LogP contribution in [0.25, 0.3) is 22.0 Å². The second-order valence-corrected chi connectivity index (χ2v) is 7.22. The number of alkyl halides is 1. The number of aromatic nitrogens is 1. The monoisotopic (exact) mass is 537 g/mol. The Morgan fingerprint density at radius 1 is 0.903 bits per heavy atom. The number of halogens is 1. The predicted molar refractivity (Wildman–Crippen MR) is 127 cm³/mol. The Hall–Kier alpha value is -2.75. The quantitative estimate of drug-likeness (QED) is 0.226. The van der Waals surface area contributed by atoms with Gasteiger partial charge in [0.05, 0.1) is 51.8 Å². The molecule has 8 heteroatoms. The number of esters is 1. The van der Waals surface area contributed by atoms with Crippen molar-refractivity contribution in [2.24, 2.45) is 0 Å². The third kappa shape index (κ3) is 4.34. The molecular weight excluding hydrogens is 513 g/mol. The molecular formula is C23H24INO6. The van der Waals surface area contributed by atoms with E-state index in [1.165, 1.54) is 0 Å². The Kier molecular flexibility index (Phi) is 7.42. The van der Waals surface area contributed by atoms with Gasteiger partial charge >= 0.3 is 5.97 Å². The number of carbonyl (C=O) groups is 1. The first-order chi connectivity index (χ1) is 15.0. The Labute approximate surface area is 194 Å². The second kappa shape index (κ2) is 10.0. The van der Waals surface area contributed by atoms with Crippen molar-refractivity contribution in [2.75, 3.05) is 35.0 Å². The van der Waals surface area contributed by atoms with Crippen LogP contribution in [-0.2, 0) is 9.16 Å². The summed E-state index contributed by atoms with van der Waals surface area (Å²) in [6, 6.07) is 9.16. The van der Waals surface area contributed by atoms with Gasteiger partial charge in [0.15, 0.2) is 23.0 Å². The summed E-state index contributed by atoms with van der Waals surface area (Å²) in [6.07, 6.45) is 0. The summed E-state index contributed by atoms with van der Waals surface area (Å²) < 4.78 is 27.7. The van der Waals surface area contributed by atoms with Crippen LogP contribution < -0.4 is 18.9 Å². The molecule has 0 aliphatic carbocycles. The Balaban J connectivity index is 2.47. The van der Waals surface area contributed by atoms with Gasteiger partial charge in [-0.15, -0.1) is 0 Å². The van der Waals surface area contributed by atoms with Crippen molar-refractivity contribution >= 4 is 39.5 Å². The van der Waals surface area contributed by atoms with Gasteiger partial charge in [-0.1, -0.05) is 28.7 Å². The predicted octanol–water partition coefficient (Wildman–Crippen LogP) is 5.05. The van der Waals surface area contributed by atoms with Gasteiger partial charge in [0.25, 0.3) is 0 Å². The highest BCUT2D eigenvalue weighted by Crippen LogP contribution is 2.42. The van der Waals surface area contributed by atoms with Crippen LogP contribution in [0.1, 0.15) is 23.0 Å². The molecule has 0 aliphatic rings. The number of hydrogen-bond acceptors (Lipinski definition) is 7. The lowest BCUT2D eigenvalue weighted by Gasteiger charge is -2.18. The number of rotatable bonds is 8. The highest BCUT2D eigenvalue weighted by molar-refractivity contribution is 14.1. The van der Waals surface area contributed by atoms with Crippen molar-refractivity contribution in [3.05, 3.63) is 41.6 Å². The van der Waals surface area contributed by atoms with E-state index in [2.05, 4.69) is 22.6 Å². The van der Waals surface area contributed by atoms with Gasteiger partial charge in [-0.05, 0) is 30.7 Å². The van der Waals surface area contributed by atoms with Crippen molar-refractivity contribution in [3.8, 4) is 34.1 Å². The molecule has 7 nitrogen and oxygen atoms in total. The average Bonchev–Trinajstić information content (AvgIpc) is 2.81. The van der Waals surface area contributed by atoms with Crippen molar-refractivity contribution in [3.63, 3.8) is 0 Å². The fourth-order valence-electron chi connectivity index (χ4n) is 3.45. The number of hydrogen-bond donors (Lipinski definition) is 0. The van der Waals surface area contributed by atoms with Crippen LogP contribution in [0.3, 0.4) is 0 Å². The number of ether oxygens (including phenoxy) is 5. The maximum absolute atomic E-state index is 13.0. The van der Waals surface area contributed by atoms with Gasteiger partial charge in [-0.25, -0.2) is 4.79 Å². The Morgan fingerprint density at radius 3 is 2.10 bits per heavy atom. The third-order valence-electron chi connectivity index (χ3n) is 4.84. The lowest BCUT2D eigenvalue weighted by Crippen LogP contribution is -2.12. The van der Waals surface area contributed by atoms with Gasteiger partial charge in [-0.3, -0.25) is 4.98 Å². The van der Waals surface area contributed by atoms with Crippen LogP contribution >= 0.6 is 22.6 Å². The van der Waals surface area contributed by atoms with Crippen LogP contribution in [0.15, 0.2) is 30.3 Å². The van der Waals surface area contributed by atoms with Gasteiger partial charge in [0.2, 0.25) is 0 Å². The van der Waals surface area contributed by atoms with E-state index in [0.717, 1.165) is 10.9 Å². The third-order valence-corrected chi connectivity index (χ3v) is 5.57. The number of fused-ring (bicyclic) bond motifs is 1. The molecule has 0 N–H and O–H groups in total. The molecule has 1 aromatic heterocycles. The largest absolute Gasteiger partial charge is 0.493 e. The zero-order valence-electron chi connectivity index (χ0n) is 18.1. The molecule has 0 saturated carbocycles. The van der Waals surface area contributed by atoms with E-state index in [0.29, 0.717) is 49.8 Å². The summed E-state index contributed by atoms with van der Waals surface area (Å²) in [4.78, 5) is 17.8. The number of methoxy groups -OCH3 is 4. The highest BCUT2D eigenvalue weighted by Gasteiger charge is 2.25. The van der Waals surface area contributed by atoms with Crippen molar-refractivity contribution in [2.45, 2.75) is 11.4 Å². The minimum absolute atomic E-state index is 0.259. The van der Waals surface area contributed by atoms with Crippen molar-refractivity contribution in [1.29, 1.82) is 0 Å². The van der Waals surface area contributed by atoms with E-state index in [9.17, 15) is 4.79 Å². The zero-order chi connectivity index (χ0) is 22.5. The topological polar surface area (TPSA) is 76.1 Å². The van der Waals surface area contributed by atoms with E-state index < -0.39 is 5.97 Å². The minimum atomic E-state index is -0.428. The molecule has 2 aromatic carbocycles. The fourth-order valence-corrected chi connectivity index (χ4v) is 4.00. The van der Waals surface area contributed by atoms with E-state index in [1.807, 2.05) is 24.3 Å². The first kappa shape index (κ1) is 22.9. The second-order valence-electron chi connectivity index (χ2n) is 6.46. The first-order valence-corrected chi connectivity index (χ1v) is 11.1. The average molecular weight is 537 g/mol. The number of carbonyl (C=O) groups excluding carboxylic acids is 1. The number of nitrogens with zero attached hydrogens (tertiary/aromatic N) is 1.